The van der Waals surface area contributed by atoms with Gasteiger partial charge in [0.2, 0.25) is 0 Å². The fraction of sp³-hybridized carbons (Fsp3) is 0.333. The molecule has 1 aromatic carbocycles. The molecular weight excluding hydrogens is 141 g/mol. The lowest BCUT2D eigenvalue weighted by atomic mass is 10.1. The van der Waals surface area contributed by atoms with Crippen LogP contribution < -0.4 is 5.73 Å². The molecule has 2 heteroatoms. The first kappa shape index (κ1) is 6.80. The summed E-state index contributed by atoms with van der Waals surface area (Å²) < 4.78 is 13.1. The van der Waals surface area contributed by atoms with Gasteiger partial charge in [0.25, 0.3) is 0 Å². The van der Waals surface area contributed by atoms with Crippen molar-refractivity contribution in [1.82, 2.24) is 0 Å². The predicted octanol–water partition coefficient (Wildman–Crippen LogP) is 2.10. The van der Waals surface area contributed by atoms with Gasteiger partial charge in [-0.3, -0.25) is 0 Å². The lowest BCUT2D eigenvalue weighted by molar-refractivity contribution is 0.330. The zero-order valence-corrected chi connectivity index (χ0v) is 6.13. The third-order valence-electron chi connectivity index (χ3n) is 2.19. The van der Waals surface area contributed by atoms with Gasteiger partial charge in [0.05, 0.1) is 0 Å². The van der Waals surface area contributed by atoms with E-state index in [1.807, 2.05) is 24.3 Å². The second kappa shape index (κ2) is 2.31. The van der Waals surface area contributed by atoms with Gasteiger partial charge in [-0.1, -0.05) is 24.3 Å². The zero-order valence-electron chi connectivity index (χ0n) is 6.13. The van der Waals surface area contributed by atoms with Gasteiger partial charge in [0.15, 0.2) is 0 Å². The largest absolute Gasteiger partial charge is 0.324 e. The topological polar surface area (TPSA) is 26.0 Å². The minimum absolute atomic E-state index is 0.0961. The SMILES string of the molecule is NC1CC(F)c2ccccc21. The normalized spacial score (nSPS) is 28.5. The molecule has 11 heavy (non-hydrogen) atoms. The number of alkyl halides is 1. The van der Waals surface area contributed by atoms with Crippen LogP contribution >= 0.6 is 0 Å². The molecule has 0 fully saturated rings. The molecule has 1 aliphatic carbocycles. The van der Waals surface area contributed by atoms with E-state index in [0.717, 1.165) is 11.1 Å². The Bertz CT molecular complexity index is 245. The first-order valence-corrected chi connectivity index (χ1v) is 3.77. The number of benzene rings is 1. The molecule has 2 unspecified atom stereocenters. The monoisotopic (exact) mass is 151 g/mol. The molecule has 0 spiro atoms. The van der Waals surface area contributed by atoms with Gasteiger partial charge >= 0.3 is 0 Å². The van der Waals surface area contributed by atoms with Crippen LogP contribution in [0.5, 0.6) is 0 Å². The van der Waals surface area contributed by atoms with Crippen molar-refractivity contribution in [2.45, 2.75) is 18.6 Å². The smallest absolute Gasteiger partial charge is 0.127 e. The lowest BCUT2D eigenvalue weighted by Gasteiger charge is -2.01. The second-order valence-corrected chi connectivity index (χ2v) is 2.94. The quantitative estimate of drug-likeness (QED) is 0.603. The maximum Gasteiger partial charge on any atom is 0.127 e. The molecule has 1 aliphatic rings. The fourth-order valence-electron chi connectivity index (χ4n) is 1.61. The minimum atomic E-state index is -0.846. The Morgan fingerprint density at radius 2 is 1.91 bits per heavy atom. The molecule has 58 valence electrons. The Morgan fingerprint density at radius 1 is 1.27 bits per heavy atom. The van der Waals surface area contributed by atoms with E-state index in [-0.39, 0.29) is 6.04 Å². The van der Waals surface area contributed by atoms with Gasteiger partial charge in [-0.05, 0) is 11.1 Å². The van der Waals surface area contributed by atoms with E-state index in [1.54, 1.807) is 0 Å². The molecule has 0 saturated heterocycles. The second-order valence-electron chi connectivity index (χ2n) is 2.94. The number of fused-ring (bicyclic) bond motifs is 1. The van der Waals surface area contributed by atoms with E-state index in [4.69, 9.17) is 5.73 Å². The van der Waals surface area contributed by atoms with E-state index in [0.29, 0.717) is 6.42 Å². The Morgan fingerprint density at radius 3 is 2.55 bits per heavy atom. The highest BCUT2D eigenvalue weighted by Gasteiger charge is 2.27. The van der Waals surface area contributed by atoms with Crippen molar-refractivity contribution >= 4 is 0 Å². The molecule has 0 radical (unpaired) electrons. The highest BCUT2D eigenvalue weighted by Crippen LogP contribution is 2.39. The minimum Gasteiger partial charge on any atom is -0.324 e. The molecule has 0 heterocycles. The number of halogens is 1. The van der Waals surface area contributed by atoms with Crippen LogP contribution in [0.15, 0.2) is 24.3 Å². The van der Waals surface area contributed by atoms with E-state index < -0.39 is 6.17 Å². The van der Waals surface area contributed by atoms with E-state index in [9.17, 15) is 4.39 Å². The van der Waals surface area contributed by atoms with Crippen LogP contribution in [0.25, 0.3) is 0 Å². The van der Waals surface area contributed by atoms with Crippen LogP contribution in [-0.4, -0.2) is 0 Å². The molecule has 0 saturated carbocycles. The van der Waals surface area contributed by atoms with Crippen LogP contribution in [-0.2, 0) is 0 Å². The summed E-state index contributed by atoms with van der Waals surface area (Å²) in [5.41, 5.74) is 7.45. The van der Waals surface area contributed by atoms with Gasteiger partial charge in [-0.15, -0.1) is 0 Å². The summed E-state index contributed by atoms with van der Waals surface area (Å²) in [4.78, 5) is 0. The van der Waals surface area contributed by atoms with Crippen LogP contribution in [0.2, 0.25) is 0 Å². The Kier molecular flexibility index (Phi) is 1.43. The Hall–Kier alpha value is -0.890. The van der Waals surface area contributed by atoms with E-state index in [2.05, 4.69) is 0 Å². The average molecular weight is 151 g/mol. The molecule has 0 aliphatic heterocycles. The van der Waals surface area contributed by atoms with Gasteiger partial charge < -0.3 is 5.73 Å². The first-order valence-electron chi connectivity index (χ1n) is 3.77. The summed E-state index contributed by atoms with van der Waals surface area (Å²) >= 11 is 0. The first-order chi connectivity index (χ1) is 5.29. The van der Waals surface area contributed by atoms with Crippen LogP contribution in [0.1, 0.15) is 29.8 Å². The third kappa shape index (κ3) is 0.942. The molecule has 0 amide bonds. The van der Waals surface area contributed by atoms with Crippen molar-refractivity contribution in [1.29, 1.82) is 0 Å². The predicted molar refractivity (Wildman–Crippen MR) is 41.8 cm³/mol. The Balaban J connectivity index is 2.52. The van der Waals surface area contributed by atoms with Crippen molar-refractivity contribution in [2.75, 3.05) is 0 Å². The van der Waals surface area contributed by atoms with Gasteiger partial charge in [0.1, 0.15) is 6.17 Å². The van der Waals surface area contributed by atoms with Gasteiger partial charge in [-0.25, -0.2) is 4.39 Å². The van der Waals surface area contributed by atoms with Crippen molar-refractivity contribution in [3.05, 3.63) is 35.4 Å². The Labute approximate surface area is 65.0 Å². The van der Waals surface area contributed by atoms with Crippen LogP contribution in [0.3, 0.4) is 0 Å². The molecule has 2 atom stereocenters. The van der Waals surface area contributed by atoms with E-state index >= 15 is 0 Å². The molecule has 1 aromatic rings. The molecule has 0 bridgehead atoms. The maximum atomic E-state index is 13.1. The summed E-state index contributed by atoms with van der Waals surface area (Å²) in [6.07, 6.45) is -0.402. The van der Waals surface area contributed by atoms with E-state index in [1.165, 1.54) is 0 Å². The van der Waals surface area contributed by atoms with Crippen LogP contribution in [0.4, 0.5) is 4.39 Å². The summed E-state index contributed by atoms with van der Waals surface area (Å²) in [6.45, 7) is 0. The average Bonchev–Trinajstić information content (AvgIpc) is 2.30. The lowest BCUT2D eigenvalue weighted by Crippen LogP contribution is -2.04. The maximum absolute atomic E-state index is 13.1. The summed E-state index contributed by atoms with van der Waals surface area (Å²) in [6, 6.07) is 7.37. The third-order valence-corrected chi connectivity index (χ3v) is 2.19. The number of nitrogens with two attached hydrogens (primary N) is 1. The zero-order chi connectivity index (χ0) is 7.84. The van der Waals surface area contributed by atoms with Gasteiger partial charge in [-0.2, -0.15) is 0 Å². The number of hydrogen-bond acceptors (Lipinski definition) is 1. The molecule has 1 nitrogen and oxygen atoms in total. The highest BCUT2D eigenvalue weighted by molar-refractivity contribution is 5.36. The van der Waals surface area contributed by atoms with Crippen molar-refractivity contribution in [3.8, 4) is 0 Å². The number of hydrogen-bond donors (Lipinski definition) is 1. The summed E-state index contributed by atoms with van der Waals surface area (Å²) in [7, 11) is 0. The molecule has 0 aromatic heterocycles. The molecule has 2 N–H and O–H groups in total. The standard InChI is InChI=1S/C9H10FN/c10-8-5-9(11)7-4-2-1-3-6(7)8/h1-4,8-9H,5,11H2. The van der Waals surface area contributed by atoms with Gasteiger partial charge in [0, 0.05) is 12.5 Å². The van der Waals surface area contributed by atoms with Crippen molar-refractivity contribution < 1.29 is 4.39 Å². The summed E-state index contributed by atoms with van der Waals surface area (Å²) in [5, 5.41) is 0. The highest BCUT2D eigenvalue weighted by atomic mass is 19.1. The fourth-order valence-corrected chi connectivity index (χ4v) is 1.61. The van der Waals surface area contributed by atoms with Crippen LogP contribution in [0, 0.1) is 0 Å². The summed E-state index contributed by atoms with van der Waals surface area (Å²) in [5.74, 6) is 0. The van der Waals surface area contributed by atoms with Crippen molar-refractivity contribution in [3.63, 3.8) is 0 Å². The number of rotatable bonds is 0. The molecule has 2 rings (SSSR count). The molecular formula is C9H10FN. The van der Waals surface area contributed by atoms with Crippen molar-refractivity contribution in [2.24, 2.45) is 5.73 Å².